The number of ether oxygens (including phenoxy) is 4. The van der Waals surface area contributed by atoms with Gasteiger partial charge in [-0.25, -0.2) is 0 Å². The van der Waals surface area contributed by atoms with Crippen LogP contribution in [0.15, 0.2) is 24.5 Å². The molecule has 0 amide bonds. The minimum absolute atomic E-state index is 0.0234. The van der Waals surface area contributed by atoms with Gasteiger partial charge in [-0.3, -0.25) is 4.79 Å². The van der Waals surface area contributed by atoms with E-state index in [4.69, 9.17) is 18.9 Å². The van der Waals surface area contributed by atoms with Crippen LogP contribution in [-0.4, -0.2) is 87.9 Å². The molecule has 1 aliphatic carbocycles. The maximum absolute atomic E-state index is 13.1. The molecule has 5 N–H and O–H groups in total. The fraction of sp³-hybridized carbons (Fsp3) is 0.591. The molecular weight excluding hydrogens is 424 g/mol. The maximum atomic E-state index is 13.1. The average Bonchev–Trinajstić information content (AvgIpc) is 2.80. The summed E-state index contributed by atoms with van der Waals surface area (Å²) in [5.74, 6) is -0.204. The second kappa shape index (κ2) is 9.34. The van der Waals surface area contributed by atoms with Gasteiger partial charge in [0.15, 0.2) is 23.6 Å². The number of benzene rings is 1. The maximum Gasteiger partial charge on any atom is 0.186 e. The van der Waals surface area contributed by atoms with Crippen LogP contribution in [0.5, 0.6) is 11.5 Å². The van der Waals surface area contributed by atoms with Crippen molar-refractivity contribution in [3.05, 3.63) is 30.0 Å². The number of fused-ring (bicyclic) bond motifs is 1. The van der Waals surface area contributed by atoms with Crippen LogP contribution in [0.4, 0.5) is 0 Å². The van der Waals surface area contributed by atoms with Crippen molar-refractivity contribution < 1.29 is 49.3 Å². The molecule has 1 aromatic rings. The Labute approximate surface area is 184 Å². The van der Waals surface area contributed by atoms with E-state index < -0.39 is 49.5 Å². The van der Waals surface area contributed by atoms with Crippen LogP contribution in [0.25, 0.3) is 5.57 Å². The SMILES string of the molecule is COc1cc(C2=COC3CC(OC4OC(CO)C(O)C(O)C4O)CCC3C2=O)ccc1O. The highest BCUT2D eigenvalue weighted by Crippen LogP contribution is 2.39. The Morgan fingerprint density at radius 2 is 1.91 bits per heavy atom. The highest BCUT2D eigenvalue weighted by atomic mass is 16.7. The highest BCUT2D eigenvalue weighted by molar-refractivity contribution is 6.22. The summed E-state index contributed by atoms with van der Waals surface area (Å²) >= 11 is 0. The molecule has 2 fully saturated rings. The molecule has 8 unspecified atom stereocenters. The first-order valence-electron chi connectivity index (χ1n) is 10.6. The molecule has 32 heavy (non-hydrogen) atoms. The van der Waals surface area contributed by atoms with Crippen LogP contribution < -0.4 is 4.74 Å². The molecule has 0 spiro atoms. The average molecular weight is 452 g/mol. The number of carbonyl (C=O) groups excluding carboxylic acids is 1. The third kappa shape index (κ3) is 4.21. The number of ketones is 1. The Balaban J connectivity index is 1.43. The number of methoxy groups -OCH3 is 1. The number of hydrogen-bond acceptors (Lipinski definition) is 10. The lowest BCUT2D eigenvalue weighted by Gasteiger charge is -2.43. The first kappa shape index (κ1) is 23.0. The van der Waals surface area contributed by atoms with Crippen molar-refractivity contribution in [3.63, 3.8) is 0 Å². The Morgan fingerprint density at radius 3 is 2.62 bits per heavy atom. The molecule has 8 atom stereocenters. The molecule has 4 rings (SSSR count). The van der Waals surface area contributed by atoms with Crippen molar-refractivity contribution in [1.82, 2.24) is 0 Å². The summed E-state index contributed by atoms with van der Waals surface area (Å²) in [6.07, 6.45) is -4.78. The van der Waals surface area contributed by atoms with Crippen LogP contribution in [0.3, 0.4) is 0 Å². The number of phenols is 1. The van der Waals surface area contributed by atoms with Crippen LogP contribution in [0, 0.1) is 5.92 Å². The van der Waals surface area contributed by atoms with Crippen LogP contribution >= 0.6 is 0 Å². The number of carbonyl (C=O) groups is 1. The lowest BCUT2D eigenvalue weighted by molar-refractivity contribution is -0.314. The smallest absolute Gasteiger partial charge is 0.186 e. The first-order valence-corrected chi connectivity index (χ1v) is 10.6. The first-order chi connectivity index (χ1) is 15.3. The monoisotopic (exact) mass is 452 g/mol. The summed E-state index contributed by atoms with van der Waals surface area (Å²) in [4.78, 5) is 13.1. The van der Waals surface area contributed by atoms with Gasteiger partial charge >= 0.3 is 0 Å². The number of hydrogen-bond donors (Lipinski definition) is 5. The highest BCUT2D eigenvalue weighted by Gasteiger charge is 2.47. The van der Waals surface area contributed by atoms with Gasteiger partial charge in [0, 0.05) is 6.42 Å². The topological polar surface area (TPSA) is 155 Å². The minimum Gasteiger partial charge on any atom is -0.504 e. The number of Topliss-reactive ketones (excluding diaryl/α,β-unsaturated/α-hetero) is 1. The van der Waals surface area contributed by atoms with Crippen molar-refractivity contribution in [2.24, 2.45) is 5.92 Å². The van der Waals surface area contributed by atoms with Crippen LogP contribution in [-0.2, 0) is 19.0 Å². The van der Waals surface area contributed by atoms with Crippen molar-refractivity contribution in [2.45, 2.75) is 62.2 Å². The van der Waals surface area contributed by atoms with Gasteiger partial charge in [0.1, 0.15) is 30.5 Å². The number of allylic oxidation sites excluding steroid dienone is 1. The number of phenolic OH excluding ortho intramolecular Hbond substituents is 1. The molecule has 176 valence electrons. The molecule has 0 radical (unpaired) electrons. The fourth-order valence-corrected chi connectivity index (χ4v) is 4.50. The van der Waals surface area contributed by atoms with E-state index in [1.807, 2.05) is 0 Å². The zero-order valence-corrected chi connectivity index (χ0v) is 17.5. The molecule has 3 aliphatic rings. The van der Waals surface area contributed by atoms with Gasteiger partial charge in [-0.15, -0.1) is 0 Å². The second-order valence-corrected chi connectivity index (χ2v) is 8.33. The van der Waals surface area contributed by atoms with E-state index in [1.165, 1.54) is 19.4 Å². The Hall–Kier alpha value is -2.21. The van der Waals surface area contributed by atoms with E-state index in [-0.39, 0.29) is 23.2 Å². The van der Waals surface area contributed by atoms with Crippen molar-refractivity contribution in [3.8, 4) is 11.5 Å². The van der Waals surface area contributed by atoms with Gasteiger partial charge in [0.05, 0.1) is 37.6 Å². The lowest BCUT2D eigenvalue weighted by Crippen LogP contribution is -2.60. The van der Waals surface area contributed by atoms with E-state index in [1.54, 1.807) is 12.1 Å². The van der Waals surface area contributed by atoms with Gasteiger partial charge in [-0.2, -0.15) is 0 Å². The van der Waals surface area contributed by atoms with Crippen molar-refractivity contribution in [1.29, 1.82) is 0 Å². The summed E-state index contributed by atoms with van der Waals surface area (Å²) in [6.45, 7) is -0.534. The largest absolute Gasteiger partial charge is 0.504 e. The van der Waals surface area contributed by atoms with E-state index in [9.17, 15) is 30.3 Å². The lowest BCUT2D eigenvalue weighted by atomic mass is 9.78. The predicted molar refractivity (Wildman–Crippen MR) is 108 cm³/mol. The van der Waals surface area contributed by atoms with Crippen molar-refractivity contribution >= 4 is 11.4 Å². The van der Waals surface area contributed by atoms with Crippen molar-refractivity contribution in [2.75, 3.05) is 13.7 Å². The van der Waals surface area contributed by atoms with Crippen LogP contribution in [0.2, 0.25) is 0 Å². The van der Waals surface area contributed by atoms with Gasteiger partial charge in [-0.1, -0.05) is 6.07 Å². The zero-order valence-electron chi connectivity index (χ0n) is 17.5. The summed E-state index contributed by atoms with van der Waals surface area (Å²) in [5.41, 5.74) is 0.987. The molecular formula is C22H28O10. The van der Waals surface area contributed by atoms with Gasteiger partial charge in [0.25, 0.3) is 0 Å². The molecule has 10 heteroatoms. The van der Waals surface area contributed by atoms with Gasteiger partial charge < -0.3 is 44.5 Å². The Bertz CT molecular complexity index is 868. The number of rotatable bonds is 5. The third-order valence-electron chi connectivity index (χ3n) is 6.37. The summed E-state index contributed by atoms with van der Waals surface area (Å²) < 4.78 is 22.2. The molecule has 10 nitrogen and oxygen atoms in total. The normalized spacial score (nSPS) is 37.3. The summed E-state index contributed by atoms with van der Waals surface area (Å²) in [5, 5.41) is 49.1. The van der Waals surface area contributed by atoms with Gasteiger partial charge in [0.2, 0.25) is 0 Å². The molecule has 2 heterocycles. The Kier molecular flexibility index (Phi) is 6.70. The number of aromatic hydroxyl groups is 1. The molecule has 1 aromatic carbocycles. The van der Waals surface area contributed by atoms with E-state index in [2.05, 4.69) is 0 Å². The molecule has 2 aliphatic heterocycles. The van der Waals surface area contributed by atoms with E-state index in [0.29, 0.717) is 30.4 Å². The number of aliphatic hydroxyl groups is 4. The second-order valence-electron chi connectivity index (χ2n) is 8.33. The van der Waals surface area contributed by atoms with E-state index in [0.717, 1.165) is 0 Å². The zero-order chi connectivity index (χ0) is 23.0. The van der Waals surface area contributed by atoms with Gasteiger partial charge in [-0.05, 0) is 30.5 Å². The molecule has 0 aromatic heterocycles. The Morgan fingerprint density at radius 1 is 1.12 bits per heavy atom. The third-order valence-corrected chi connectivity index (χ3v) is 6.37. The molecule has 1 saturated carbocycles. The standard InChI is InChI=1S/C22H28O10/c1-29-16-6-10(2-5-14(16)24)13-9-30-15-7-11(3-4-12(15)18(13)25)31-22-21(28)20(27)19(26)17(8-23)32-22/h2,5-6,9,11-12,15,17,19-24,26-28H,3-4,7-8H2,1H3. The summed E-state index contributed by atoms with van der Waals surface area (Å²) in [7, 11) is 1.43. The molecule has 0 bridgehead atoms. The number of aliphatic hydroxyl groups excluding tert-OH is 4. The summed E-state index contributed by atoms with van der Waals surface area (Å²) in [6, 6.07) is 4.66. The minimum atomic E-state index is -1.51. The fourth-order valence-electron chi connectivity index (χ4n) is 4.50. The van der Waals surface area contributed by atoms with E-state index >= 15 is 0 Å². The van der Waals surface area contributed by atoms with Crippen LogP contribution in [0.1, 0.15) is 24.8 Å². The molecule has 1 saturated heterocycles. The predicted octanol–water partition coefficient (Wildman–Crippen LogP) is -0.305. The quantitative estimate of drug-likeness (QED) is 0.402.